The predicted octanol–water partition coefficient (Wildman–Crippen LogP) is 3.66. The molecule has 4 rings (SSSR count). The van der Waals surface area contributed by atoms with E-state index in [4.69, 9.17) is 11.6 Å². The third-order valence-corrected chi connectivity index (χ3v) is 4.24. The fourth-order valence-corrected chi connectivity index (χ4v) is 2.84. The molecular weight excluding hydrogens is 350 g/mol. The maximum absolute atomic E-state index is 12.4. The Hall–Kier alpha value is -3.12. The summed E-state index contributed by atoms with van der Waals surface area (Å²) in [6.45, 7) is 2.42. The quantitative estimate of drug-likeness (QED) is 0.578. The lowest BCUT2D eigenvalue weighted by molar-refractivity contribution is 0.879. The van der Waals surface area contributed by atoms with E-state index in [0.29, 0.717) is 28.9 Å². The summed E-state index contributed by atoms with van der Waals surface area (Å²) in [5.74, 6) is 0.950. The Bertz CT molecular complexity index is 1130. The molecule has 7 heteroatoms. The minimum Gasteiger partial charge on any atom is -0.379 e. The molecule has 130 valence electrons. The minimum absolute atomic E-state index is 0.205. The van der Waals surface area contributed by atoms with Crippen LogP contribution < -0.4 is 10.9 Å². The second kappa shape index (κ2) is 6.65. The van der Waals surface area contributed by atoms with Crippen molar-refractivity contribution in [2.24, 2.45) is 0 Å². The number of halogens is 1. The third kappa shape index (κ3) is 3.32. The van der Waals surface area contributed by atoms with Gasteiger partial charge in [0, 0.05) is 22.3 Å². The van der Waals surface area contributed by atoms with Crippen LogP contribution in [0.2, 0.25) is 5.02 Å². The molecule has 2 aromatic heterocycles. The smallest absolute Gasteiger partial charge is 0.274 e. The van der Waals surface area contributed by atoms with Gasteiger partial charge in [0.15, 0.2) is 5.82 Å². The van der Waals surface area contributed by atoms with Crippen LogP contribution in [0, 0.1) is 6.92 Å². The van der Waals surface area contributed by atoms with Gasteiger partial charge in [-0.15, -0.1) is 0 Å². The first-order valence-electron chi connectivity index (χ1n) is 8.14. The van der Waals surface area contributed by atoms with Gasteiger partial charge in [0.05, 0.1) is 12.2 Å². The van der Waals surface area contributed by atoms with Gasteiger partial charge in [-0.3, -0.25) is 9.89 Å². The fraction of sp³-hybridized carbons (Fsp3) is 0.105. The van der Waals surface area contributed by atoms with Crippen molar-refractivity contribution in [2.45, 2.75) is 13.5 Å². The average molecular weight is 366 g/mol. The molecule has 0 spiro atoms. The van der Waals surface area contributed by atoms with Gasteiger partial charge in [-0.2, -0.15) is 9.50 Å². The van der Waals surface area contributed by atoms with E-state index in [1.165, 1.54) is 10.6 Å². The van der Waals surface area contributed by atoms with Gasteiger partial charge in [0.2, 0.25) is 0 Å². The van der Waals surface area contributed by atoms with Gasteiger partial charge in [0.1, 0.15) is 0 Å². The summed E-state index contributed by atoms with van der Waals surface area (Å²) < 4.78 is 1.35. The van der Waals surface area contributed by atoms with Crippen molar-refractivity contribution in [1.82, 2.24) is 19.6 Å². The number of nitrogens with one attached hydrogen (secondary N) is 2. The van der Waals surface area contributed by atoms with Crippen molar-refractivity contribution in [2.75, 3.05) is 5.32 Å². The highest BCUT2D eigenvalue weighted by molar-refractivity contribution is 6.30. The summed E-state index contributed by atoms with van der Waals surface area (Å²) >= 11 is 5.98. The Labute approximate surface area is 154 Å². The summed E-state index contributed by atoms with van der Waals surface area (Å²) in [6, 6.07) is 16.8. The number of anilines is 1. The van der Waals surface area contributed by atoms with E-state index in [1.807, 2.05) is 49.4 Å². The van der Waals surface area contributed by atoms with Crippen LogP contribution in [-0.2, 0) is 6.54 Å². The molecule has 26 heavy (non-hydrogen) atoms. The fourth-order valence-electron chi connectivity index (χ4n) is 2.65. The number of H-pyrrole nitrogens is 1. The molecule has 0 saturated carbocycles. The molecule has 6 nitrogen and oxygen atoms in total. The number of aromatic nitrogens is 4. The number of hydrogen-bond acceptors (Lipinski definition) is 4. The highest BCUT2D eigenvalue weighted by Gasteiger charge is 2.09. The monoisotopic (exact) mass is 365 g/mol. The number of benzene rings is 2. The van der Waals surface area contributed by atoms with E-state index in [9.17, 15) is 4.79 Å². The number of fused-ring (bicyclic) bond motifs is 1. The van der Waals surface area contributed by atoms with Crippen molar-refractivity contribution in [3.05, 3.63) is 81.2 Å². The van der Waals surface area contributed by atoms with Crippen LogP contribution in [-0.4, -0.2) is 19.6 Å². The molecule has 0 aliphatic rings. The Morgan fingerprint density at radius 1 is 1.12 bits per heavy atom. The molecule has 2 N–H and O–H groups in total. The maximum atomic E-state index is 12.4. The van der Waals surface area contributed by atoms with Crippen LogP contribution in [0.15, 0.2) is 59.4 Å². The number of hydrogen-bond donors (Lipinski definition) is 2. The lowest BCUT2D eigenvalue weighted by Crippen LogP contribution is -2.17. The molecule has 0 aliphatic heterocycles. The number of rotatable bonds is 4. The first-order valence-corrected chi connectivity index (χ1v) is 8.51. The highest BCUT2D eigenvalue weighted by atomic mass is 35.5. The summed E-state index contributed by atoms with van der Waals surface area (Å²) in [6.07, 6.45) is 0. The van der Waals surface area contributed by atoms with Crippen molar-refractivity contribution >= 4 is 23.1 Å². The first kappa shape index (κ1) is 16.4. The van der Waals surface area contributed by atoms with Crippen molar-refractivity contribution in [3.8, 4) is 11.4 Å². The maximum Gasteiger partial charge on any atom is 0.274 e. The lowest BCUT2D eigenvalue weighted by atomic mass is 10.1. The molecule has 0 amide bonds. The van der Waals surface area contributed by atoms with E-state index < -0.39 is 0 Å². The Balaban J connectivity index is 1.63. The van der Waals surface area contributed by atoms with Crippen LogP contribution in [0.25, 0.3) is 17.2 Å². The predicted molar refractivity (Wildman–Crippen MR) is 103 cm³/mol. The topological polar surface area (TPSA) is 75.1 Å². The molecule has 0 atom stereocenters. The molecular formula is C19H16ClN5O. The van der Waals surface area contributed by atoms with Gasteiger partial charge < -0.3 is 5.32 Å². The second-order valence-electron chi connectivity index (χ2n) is 6.02. The van der Waals surface area contributed by atoms with Crippen molar-refractivity contribution < 1.29 is 0 Å². The second-order valence-corrected chi connectivity index (χ2v) is 6.46. The Kier molecular flexibility index (Phi) is 4.18. The van der Waals surface area contributed by atoms with E-state index in [-0.39, 0.29) is 5.56 Å². The SMILES string of the molecule is Cc1ccc(-c2nc3nc(CNc4cccc(Cl)c4)cc(=O)n3[nH]2)cc1. The van der Waals surface area contributed by atoms with Crippen LogP contribution in [0.3, 0.4) is 0 Å². The van der Waals surface area contributed by atoms with E-state index in [1.54, 1.807) is 6.07 Å². The Morgan fingerprint density at radius 3 is 2.69 bits per heavy atom. The largest absolute Gasteiger partial charge is 0.379 e. The number of aryl methyl sites for hydroxylation is 1. The number of aromatic amines is 1. The van der Waals surface area contributed by atoms with Crippen molar-refractivity contribution in [1.29, 1.82) is 0 Å². The van der Waals surface area contributed by atoms with E-state index >= 15 is 0 Å². The van der Waals surface area contributed by atoms with Gasteiger partial charge in [-0.25, -0.2) is 4.98 Å². The first-order chi connectivity index (χ1) is 12.6. The Morgan fingerprint density at radius 2 is 1.92 bits per heavy atom. The molecule has 2 aromatic carbocycles. The summed E-state index contributed by atoms with van der Waals surface area (Å²) in [7, 11) is 0. The van der Waals surface area contributed by atoms with Crippen LogP contribution in [0.1, 0.15) is 11.3 Å². The molecule has 0 bridgehead atoms. The number of nitrogens with zero attached hydrogens (tertiary/aromatic N) is 3. The average Bonchev–Trinajstić information content (AvgIpc) is 3.05. The van der Waals surface area contributed by atoms with Crippen molar-refractivity contribution in [3.63, 3.8) is 0 Å². The van der Waals surface area contributed by atoms with Crippen LogP contribution in [0.5, 0.6) is 0 Å². The van der Waals surface area contributed by atoms with E-state index in [2.05, 4.69) is 20.4 Å². The zero-order valence-electron chi connectivity index (χ0n) is 14.0. The van der Waals surface area contributed by atoms with Gasteiger partial charge in [-0.05, 0) is 25.1 Å². The summed E-state index contributed by atoms with van der Waals surface area (Å²) in [5.41, 5.74) is 3.33. The molecule has 4 aromatic rings. The highest BCUT2D eigenvalue weighted by Crippen LogP contribution is 2.17. The summed E-state index contributed by atoms with van der Waals surface area (Å²) in [5, 5.41) is 6.85. The van der Waals surface area contributed by atoms with Gasteiger partial charge in [-0.1, -0.05) is 47.5 Å². The van der Waals surface area contributed by atoms with Crippen LogP contribution >= 0.6 is 11.6 Å². The van der Waals surface area contributed by atoms with Gasteiger partial charge in [0.25, 0.3) is 11.3 Å². The minimum atomic E-state index is -0.205. The standard InChI is InChI=1S/C19H16ClN5O/c1-12-5-7-13(8-6-12)18-23-19-22-16(10-17(26)25(19)24-18)11-21-15-4-2-3-14(20)9-15/h2-10,21H,11H2,1H3,(H,22,23,24). The van der Waals surface area contributed by atoms with E-state index in [0.717, 1.165) is 16.8 Å². The summed E-state index contributed by atoms with van der Waals surface area (Å²) in [4.78, 5) is 21.3. The normalized spacial score (nSPS) is 11.0. The zero-order valence-corrected chi connectivity index (χ0v) is 14.8. The molecule has 0 radical (unpaired) electrons. The zero-order chi connectivity index (χ0) is 18.1. The molecule has 0 saturated heterocycles. The lowest BCUT2D eigenvalue weighted by Gasteiger charge is -2.05. The van der Waals surface area contributed by atoms with Gasteiger partial charge >= 0.3 is 0 Å². The third-order valence-electron chi connectivity index (χ3n) is 4.01. The molecule has 0 unspecified atom stereocenters. The van der Waals surface area contributed by atoms with Crippen LogP contribution in [0.4, 0.5) is 5.69 Å². The molecule has 0 aliphatic carbocycles. The molecule has 0 fully saturated rings. The molecule has 2 heterocycles.